The Bertz CT molecular complexity index is 237. The summed E-state index contributed by atoms with van der Waals surface area (Å²) in [7, 11) is 0. The summed E-state index contributed by atoms with van der Waals surface area (Å²) in [5.74, 6) is 0. The zero-order chi connectivity index (χ0) is 9.52. The molecule has 0 fully saturated rings. The molecule has 1 heterocycles. The van der Waals surface area contributed by atoms with E-state index in [1.54, 1.807) is 11.3 Å². The molecule has 1 aromatic rings. The average molecular weight is 263 g/mol. The quantitative estimate of drug-likeness (QED) is 0.769. The van der Waals surface area contributed by atoms with Crippen LogP contribution < -0.4 is 10.6 Å². The van der Waals surface area contributed by atoms with E-state index in [4.69, 9.17) is 0 Å². The lowest BCUT2D eigenvalue weighted by atomic mass is 10.3. The maximum absolute atomic E-state index is 3.44. The van der Waals surface area contributed by atoms with Crippen LogP contribution in [0.5, 0.6) is 0 Å². The molecule has 0 saturated carbocycles. The third-order valence-corrected chi connectivity index (χ3v) is 3.23. The topological polar surface area (TPSA) is 24.1 Å². The van der Waals surface area contributed by atoms with Gasteiger partial charge in [-0.15, -0.1) is 11.3 Å². The van der Waals surface area contributed by atoms with Crippen LogP contribution in [0.4, 0.5) is 0 Å². The maximum Gasteiger partial charge on any atom is 0.0701 e. The molecule has 0 radical (unpaired) electrons. The Morgan fingerprint density at radius 1 is 1.38 bits per heavy atom. The second-order valence-corrected chi connectivity index (χ2v) is 5.08. The Balaban J connectivity index is 2.06. The largest absolute Gasteiger partial charge is 0.316 e. The first-order valence-electron chi connectivity index (χ1n) is 4.47. The molecule has 0 aliphatic rings. The van der Waals surface area contributed by atoms with Crippen molar-refractivity contribution >= 4 is 27.3 Å². The first kappa shape index (κ1) is 11.2. The summed E-state index contributed by atoms with van der Waals surface area (Å²) in [6.07, 6.45) is 0. The molecule has 0 aliphatic heterocycles. The van der Waals surface area contributed by atoms with Gasteiger partial charge in [0.1, 0.15) is 0 Å². The van der Waals surface area contributed by atoms with Crippen LogP contribution in [0.25, 0.3) is 0 Å². The molecule has 0 unspecified atom stereocenters. The Hall–Kier alpha value is 0.100. The Morgan fingerprint density at radius 3 is 2.77 bits per heavy atom. The van der Waals surface area contributed by atoms with E-state index >= 15 is 0 Å². The zero-order valence-corrected chi connectivity index (χ0v) is 10.2. The number of thiophene rings is 1. The number of hydrogen-bond acceptors (Lipinski definition) is 3. The van der Waals surface area contributed by atoms with Gasteiger partial charge in [-0.05, 0) is 39.5 Å². The Labute approximate surface area is 91.9 Å². The molecule has 0 saturated heterocycles. The number of likely N-dealkylation sites (N-methyl/N-ethyl adjacent to an activating group) is 1. The molecule has 2 nitrogen and oxygen atoms in total. The molecule has 1 rings (SSSR count). The molecule has 2 N–H and O–H groups in total. The number of hydrogen-bond donors (Lipinski definition) is 2. The molecular weight excluding hydrogens is 248 g/mol. The van der Waals surface area contributed by atoms with Crippen molar-refractivity contribution in [2.45, 2.75) is 13.5 Å². The molecule has 0 aromatic carbocycles. The van der Waals surface area contributed by atoms with Crippen LogP contribution in [0.15, 0.2) is 15.2 Å². The van der Waals surface area contributed by atoms with E-state index in [1.165, 1.54) is 9.35 Å². The molecule has 0 spiro atoms. The highest BCUT2D eigenvalue weighted by molar-refractivity contribution is 9.11. The van der Waals surface area contributed by atoms with Crippen LogP contribution in [0, 0.1) is 0 Å². The van der Waals surface area contributed by atoms with Crippen molar-refractivity contribution in [3.8, 4) is 0 Å². The van der Waals surface area contributed by atoms with Crippen molar-refractivity contribution in [2.24, 2.45) is 0 Å². The molecule has 0 amide bonds. The van der Waals surface area contributed by atoms with Crippen molar-refractivity contribution in [1.82, 2.24) is 10.6 Å². The van der Waals surface area contributed by atoms with E-state index < -0.39 is 0 Å². The van der Waals surface area contributed by atoms with E-state index in [2.05, 4.69) is 44.9 Å². The SMILES string of the molecule is CCNCCNCc1csc(Br)c1. The predicted molar refractivity (Wildman–Crippen MR) is 62.3 cm³/mol. The van der Waals surface area contributed by atoms with E-state index in [0.717, 1.165) is 26.2 Å². The second kappa shape index (κ2) is 6.54. The Kier molecular flexibility index (Phi) is 5.62. The predicted octanol–water partition coefficient (Wildman–Crippen LogP) is 2.21. The normalized spacial score (nSPS) is 10.6. The molecule has 1 aromatic heterocycles. The monoisotopic (exact) mass is 262 g/mol. The lowest BCUT2D eigenvalue weighted by Crippen LogP contribution is -2.26. The first-order valence-corrected chi connectivity index (χ1v) is 6.14. The lowest BCUT2D eigenvalue weighted by Gasteiger charge is -2.02. The lowest BCUT2D eigenvalue weighted by molar-refractivity contribution is 0.625. The summed E-state index contributed by atoms with van der Waals surface area (Å²) >= 11 is 5.18. The fraction of sp³-hybridized carbons (Fsp3) is 0.556. The van der Waals surface area contributed by atoms with Crippen LogP contribution in [-0.4, -0.2) is 19.6 Å². The molecule has 0 atom stereocenters. The van der Waals surface area contributed by atoms with Crippen molar-refractivity contribution in [2.75, 3.05) is 19.6 Å². The van der Waals surface area contributed by atoms with Gasteiger partial charge in [0.05, 0.1) is 3.79 Å². The van der Waals surface area contributed by atoms with Crippen molar-refractivity contribution in [3.05, 3.63) is 20.8 Å². The van der Waals surface area contributed by atoms with Gasteiger partial charge >= 0.3 is 0 Å². The third-order valence-electron chi connectivity index (χ3n) is 1.68. The van der Waals surface area contributed by atoms with Gasteiger partial charge in [-0.1, -0.05) is 6.92 Å². The zero-order valence-electron chi connectivity index (χ0n) is 7.77. The highest BCUT2D eigenvalue weighted by Crippen LogP contribution is 2.20. The molecule has 13 heavy (non-hydrogen) atoms. The third kappa shape index (κ3) is 4.76. The Morgan fingerprint density at radius 2 is 2.15 bits per heavy atom. The van der Waals surface area contributed by atoms with Crippen LogP contribution >= 0.6 is 27.3 Å². The number of rotatable bonds is 6. The molecule has 0 aliphatic carbocycles. The number of halogens is 1. The van der Waals surface area contributed by atoms with Crippen LogP contribution in [0.1, 0.15) is 12.5 Å². The minimum absolute atomic E-state index is 0.966. The van der Waals surface area contributed by atoms with Crippen LogP contribution in [-0.2, 0) is 6.54 Å². The summed E-state index contributed by atoms with van der Waals surface area (Å²) < 4.78 is 1.20. The van der Waals surface area contributed by atoms with E-state index in [1.807, 2.05) is 0 Å². The summed E-state index contributed by atoms with van der Waals surface area (Å²) in [4.78, 5) is 0. The van der Waals surface area contributed by atoms with Crippen molar-refractivity contribution in [1.29, 1.82) is 0 Å². The minimum atomic E-state index is 0.966. The smallest absolute Gasteiger partial charge is 0.0701 e. The van der Waals surface area contributed by atoms with Crippen LogP contribution in [0.3, 0.4) is 0 Å². The fourth-order valence-electron chi connectivity index (χ4n) is 1.02. The van der Waals surface area contributed by atoms with E-state index in [0.29, 0.717) is 0 Å². The van der Waals surface area contributed by atoms with Gasteiger partial charge in [-0.25, -0.2) is 0 Å². The molecule has 0 bridgehead atoms. The highest BCUT2D eigenvalue weighted by atomic mass is 79.9. The van der Waals surface area contributed by atoms with Gasteiger partial charge in [0.25, 0.3) is 0 Å². The fourth-order valence-corrected chi connectivity index (χ4v) is 2.23. The van der Waals surface area contributed by atoms with E-state index in [-0.39, 0.29) is 0 Å². The summed E-state index contributed by atoms with van der Waals surface area (Å²) in [6.45, 7) is 6.21. The van der Waals surface area contributed by atoms with Gasteiger partial charge < -0.3 is 10.6 Å². The first-order chi connectivity index (χ1) is 6.33. The van der Waals surface area contributed by atoms with Gasteiger partial charge in [0, 0.05) is 19.6 Å². The molecule has 74 valence electrons. The second-order valence-electron chi connectivity index (χ2n) is 2.79. The molecule has 4 heteroatoms. The van der Waals surface area contributed by atoms with Crippen molar-refractivity contribution in [3.63, 3.8) is 0 Å². The maximum atomic E-state index is 3.44. The van der Waals surface area contributed by atoms with Gasteiger partial charge in [0.15, 0.2) is 0 Å². The summed E-state index contributed by atoms with van der Waals surface area (Å²) in [6, 6.07) is 2.16. The van der Waals surface area contributed by atoms with Crippen molar-refractivity contribution < 1.29 is 0 Å². The van der Waals surface area contributed by atoms with Gasteiger partial charge in [-0.2, -0.15) is 0 Å². The summed E-state index contributed by atoms with van der Waals surface area (Å²) in [5, 5.41) is 8.81. The van der Waals surface area contributed by atoms with Crippen LogP contribution in [0.2, 0.25) is 0 Å². The molecular formula is C9H15BrN2S. The average Bonchev–Trinajstić information content (AvgIpc) is 2.51. The standard InChI is InChI=1S/C9H15BrN2S/c1-2-11-3-4-12-6-8-5-9(10)13-7-8/h5,7,11-12H,2-4,6H2,1H3. The van der Waals surface area contributed by atoms with E-state index in [9.17, 15) is 0 Å². The van der Waals surface area contributed by atoms with Gasteiger partial charge in [0.2, 0.25) is 0 Å². The van der Waals surface area contributed by atoms with Gasteiger partial charge in [-0.3, -0.25) is 0 Å². The highest BCUT2D eigenvalue weighted by Gasteiger charge is 1.95. The number of nitrogens with one attached hydrogen (secondary N) is 2. The minimum Gasteiger partial charge on any atom is -0.316 e. The summed E-state index contributed by atoms with van der Waals surface area (Å²) in [5.41, 5.74) is 1.35.